The largest absolute Gasteiger partial charge is 0.382 e. The summed E-state index contributed by atoms with van der Waals surface area (Å²) in [6, 6.07) is 6.47. The summed E-state index contributed by atoms with van der Waals surface area (Å²) >= 11 is 0. The van der Waals surface area contributed by atoms with Crippen LogP contribution in [-0.4, -0.2) is 134 Å². The van der Waals surface area contributed by atoms with Crippen molar-refractivity contribution in [2.45, 2.75) is 30.1 Å². The molecule has 0 aromatic heterocycles. The van der Waals surface area contributed by atoms with Crippen LogP contribution in [0.25, 0.3) is 0 Å². The van der Waals surface area contributed by atoms with E-state index < -0.39 is 10.1 Å². The predicted octanol–water partition coefficient (Wildman–Crippen LogP) is 1.47. The number of ether oxygens (including phenoxy) is 9. The van der Waals surface area contributed by atoms with E-state index in [1.807, 2.05) is 6.92 Å². The number of hydrogen-bond donors (Lipinski definition) is 0. The molecule has 39 heavy (non-hydrogen) atoms. The molecular formula is C26H46O12S. The first-order valence-corrected chi connectivity index (χ1v) is 14.2. The van der Waals surface area contributed by atoms with Crippen molar-refractivity contribution in [1.29, 1.82) is 0 Å². The minimum absolute atomic E-state index is 0.0688. The van der Waals surface area contributed by atoms with Crippen LogP contribution in [0.2, 0.25) is 0 Å². The first-order valence-electron chi connectivity index (χ1n) is 12.8. The molecule has 1 aromatic rings. The van der Waals surface area contributed by atoms with E-state index in [1.54, 1.807) is 40.6 Å². The molecular weight excluding hydrogens is 536 g/mol. The van der Waals surface area contributed by atoms with Gasteiger partial charge in [-0.25, -0.2) is 0 Å². The summed E-state index contributed by atoms with van der Waals surface area (Å²) in [6.45, 7) is 5.65. The van der Waals surface area contributed by atoms with Crippen LogP contribution >= 0.6 is 0 Å². The number of benzene rings is 1. The summed E-state index contributed by atoms with van der Waals surface area (Å²) in [5, 5.41) is 0. The molecule has 1 rings (SSSR count). The Morgan fingerprint density at radius 1 is 0.564 bits per heavy atom. The fraction of sp³-hybridized carbons (Fsp3) is 0.769. The van der Waals surface area contributed by atoms with Crippen LogP contribution in [0.4, 0.5) is 0 Å². The van der Waals surface area contributed by atoms with Crippen molar-refractivity contribution in [1.82, 2.24) is 0 Å². The van der Waals surface area contributed by atoms with Crippen molar-refractivity contribution >= 4 is 10.1 Å². The molecule has 0 N–H and O–H groups in total. The highest BCUT2D eigenvalue weighted by Crippen LogP contribution is 2.12. The summed E-state index contributed by atoms with van der Waals surface area (Å²) in [5.41, 5.74) is 0.972. The number of hydrogen-bond acceptors (Lipinski definition) is 12. The van der Waals surface area contributed by atoms with Gasteiger partial charge in [0, 0.05) is 28.4 Å². The summed E-state index contributed by atoms with van der Waals surface area (Å²) in [6.07, 6.45) is -0.582. The smallest absolute Gasteiger partial charge is 0.297 e. The third-order valence-corrected chi connectivity index (χ3v) is 6.72. The Balaban J connectivity index is 2.02. The molecule has 12 nitrogen and oxygen atoms in total. The van der Waals surface area contributed by atoms with Crippen LogP contribution in [0.3, 0.4) is 0 Å². The average Bonchev–Trinajstić information content (AvgIpc) is 2.93. The van der Waals surface area contributed by atoms with E-state index in [9.17, 15) is 8.42 Å². The Morgan fingerprint density at radius 3 is 1.44 bits per heavy atom. The Labute approximate surface area is 233 Å². The van der Waals surface area contributed by atoms with Gasteiger partial charge in [0.15, 0.2) is 0 Å². The first kappa shape index (κ1) is 35.8. The lowest BCUT2D eigenvalue weighted by Gasteiger charge is -2.20. The van der Waals surface area contributed by atoms with Crippen LogP contribution in [0, 0.1) is 6.92 Å². The SMILES string of the molecule is COCC(COCC(COCC(COCCOCCOCCOS(=O)(=O)c1ccc(C)cc1)OC)OC)OC. The zero-order chi connectivity index (χ0) is 28.8. The molecule has 0 bridgehead atoms. The minimum atomic E-state index is -3.78. The minimum Gasteiger partial charge on any atom is -0.382 e. The van der Waals surface area contributed by atoms with Gasteiger partial charge in [-0.15, -0.1) is 0 Å². The molecule has 0 saturated heterocycles. The van der Waals surface area contributed by atoms with Crippen molar-refractivity contribution in [3.05, 3.63) is 29.8 Å². The van der Waals surface area contributed by atoms with E-state index in [1.165, 1.54) is 12.1 Å². The highest BCUT2D eigenvalue weighted by atomic mass is 32.2. The van der Waals surface area contributed by atoms with E-state index in [2.05, 4.69) is 0 Å². The molecule has 0 saturated carbocycles. The van der Waals surface area contributed by atoms with E-state index in [-0.39, 0.29) is 36.4 Å². The highest BCUT2D eigenvalue weighted by molar-refractivity contribution is 7.86. The van der Waals surface area contributed by atoms with Gasteiger partial charge in [-0.05, 0) is 19.1 Å². The lowest BCUT2D eigenvalue weighted by molar-refractivity contribution is -0.0918. The van der Waals surface area contributed by atoms with Gasteiger partial charge in [-0.1, -0.05) is 17.7 Å². The van der Waals surface area contributed by atoms with E-state index in [0.29, 0.717) is 66.1 Å². The van der Waals surface area contributed by atoms with Crippen LogP contribution in [-0.2, 0) is 56.9 Å². The molecule has 0 fully saturated rings. The Kier molecular flexibility index (Phi) is 20.6. The van der Waals surface area contributed by atoms with Crippen molar-refractivity contribution < 1.29 is 55.2 Å². The monoisotopic (exact) mass is 582 g/mol. The molecule has 1 aromatic carbocycles. The zero-order valence-corrected chi connectivity index (χ0v) is 24.7. The van der Waals surface area contributed by atoms with Gasteiger partial charge in [-0.3, -0.25) is 4.18 Å². The van der Waals surface area contributed by atoms with Crippen molar-refractivity contribution in [2.75, 3.05) is 108 Å². The van der Waals surface area contributed by atoms with Crippen LogP contribution in [0.1, 0.15) is 5.56 Å². The van der Waals surface area contributed by atoms with Gasteiger partial charge in [0.1, 0.15) is 18.3 Å². The maximum Gasteiger partial charge on any atom is 0.297 e. The highest BCUT2D eigenvalue weighted by Gasteiger charge is 2.15. The molecule has 0 spiro atoms. The molecule has 0 aliphatic heterocycles. The van der Waals surface area contributed by atoms with Crippen LogP contribution in [0.5, 0.6) is 0 Å². The maximum atomic E-state index is 12.1. The quantitative estimate of drug-likeness (QED) is 0.116. The number of rotatable bonds is 26. The molecule has 0 aliphatic carbocycles. The molecule has 228 valence electrons. The first-order chi connectivity index (χ1) is 18.9. The summed E-state index contributed by atoms with van der Waals surface area (Å²) in [5.74, 6) is 0. The second-order valence-corrected chi connectivity index (χ2v) is 10.1. The predicted molar refractivity (Wildman–Crippen MR) is 143 cm³/mol. The zero-order valence-electron chi connectivity index (χ0n) is 23.8. The molecule has 3 unspecified atom stereocenters. The molecule has 3 atom stereocenters. The lowest BCUT2D eigenvalue weighted by atomic mass is 10.2. The third-order valence-electron chi connectivity index (χ3n) is 5.39. The van der Waals surface area contributed by atoms with Gasteiger partial charge in [0.2, 0.25) is 0 Å². The van der Waals surface area contributed by atoms with Gasteiger partial charge < -0.3 is 42.6 Å². The van der Waals surface area contributed by atoms with E-state index >= 15 is 0 Å². The normalized spacial score (nSPS) is 14.4. The number of methoxy groups -OCH3 is 4. The van der Waals surface area contributed by atoms with Crippen molar-refractivity contribution in [2.24, 2.45) is 0 Å². The van der Waals surface area contributed by atoms with Gasteiger partial charge in [0.05, 0.1) is 84.2 Å². The van der Waals surface area contributed by atoms with Gasteiger partial charge in [-0.2, -0.15) is 8.42 Å². The lowest BCUT2D eigenvalue weighted by Crippen LogP contribution is -2.31. The van der Waals surface area contributed by atoms with E-state index in [4.69, 9.17) is 46.8 Å². The third kappa shape index (κ3) is 17.2. The fourth-order valence-electron chi connectivity index (χ4n) is 3.03. The van der Waals surface area contributed by atoms with Gasteiger partial charge >= 0.3 is 0 Å². The molecule has 0 heterocycles. The Bertz CT molecular complexity index is 806. The topological polar surface area (TPSA) is 126 Å². The van der Waals surface area contributed by atoms with Gasteiger partial charge in [0.25, 0.3) is 10.1 Å². The summed E-state index contributed by atoms with van der Waals surface area (Å²) in [4.78, 5) is 0.123. The molecule has 13 heteroatoms. The summed E-state index contributed by atoms with van der Waals surface area (Å²) in [7, 11) is 2.64. The van der Waals surface area contributed by atoms with E-state index in [0.717, 1.165) is 5.56 Å². The van der Waals surface area contributed by atoms with Crippen LogP contribution in [0.15, 0.2) is 29.2 Å². The van der Waals surface area contributed by atoms with Crippen molar-refractivity contribution in [3.8, 4) is 0 Å². The molecule has 0 radical (unpaired) electrons. The number of aryl methyl sites for hydroxylation is 1. The van der Waals surface area contributed by atoms with Crippen molar-refractivity contribution in [3.63, 3.8) is 0 Å². The average molecular weight is 583 g/mol. The molecule has 0 amide bonds. The fourth-order valence-corrected chi connectivity index (χ4v) is 3.92. The maximum absolute atomic E-state index is 12.1. The second-order valence-electron chi connectivity index (χ2n) is 8.49. The second kappa shape index (κ2) is 22.5. The summed E-state index contributed by atoms with van der Waals surface area (Å²) < 4.78 is 78.0. The Morgan fingerprint density at radius 2 is 0.974 bits per heavy atom. The Hall–Kier alpha value is -1.23. The van der Waals surface area contributed by atoms with Crippen LogP contribution < -0.4 is 0 Å². The molecule has 0 aliphatic rings. The standard InChI is InChI=1S/C26H46O12S/c1-22-6-8-26(9-7-22)39(27,28)38-15-14-34-11-10-33-12-13-35-17-24(31-4)19-37-21-25(32-5)20-36-18-23(30-3)16-29-2/h6-9,23-25H,10-21H2,1-5H3.